The second-order valence-electron chi connectivity index (χ2n) is 7.21. The van der Waals surface area contributed by atoms with Crippen LogP contribution < -0.4 is 0 Å². The minimum Gasteiger partial charge on any atom is -0.496 e. The zero-order chi connectivity index (χ0) is 23.1. The first-order valence-electron chi connectivity index (χ1n) is 11.1. The fourth-order valence-corrected chi connectivity index (χ4v) is 3.23. The van der Waals surface area contributed by atoms with Crippen LogP contribution in [-0.2, 0) is 9.47 Å². The Bertz CT molecular complexity index is 1120. The smallest absolute Gasteiger partial charge is 0.127 e. The van der Waals surface area contributed by atoms with Gasteiger partial charge in [0.2, 0.25) is 0 Å². The van der Waals surface area contributed by atoms with E-state index in [2.05, 4.69) is 42.5 Å². The van der Waals surface area contributed by atoms with E-state index in [4.69, 9.17) is 9.47 Å². The lowest BCUT2D eigenvalue weighted by molar-refractivity contribution is 0.300. The molecule has 0 aliphatic heterocycles. The molecule has 0 heterocycles. The van der Waals surface area contributed by atoms with E-state index in [-0.39, 0.29) is 0 Å². The number of methoxy groups -OCH3 is 1. The van der Waals surface area contributed by atoms with Crippen LogP contribution in [0.2, 0.25) is 0 Å². The van der Waals surface area contributed by atoms with Gasteiger partial charge in [-0.25, -0.2) is 0 Å². The molecule has 4 aromatic carbocycles. The molecular formula is C31H30O2. The first-order chi connectivity index (χ1) is 16.3. The van der Waals surface area contributed by atoms with Crippen molar-refractivity contribution in [3.05, 3.63) is 144 Å². The summed E-state index contributed by atoms with van der Waals surface area (Å²) in [6, 6.07) is 40.6. The average Bonchev–Trinajstić information content (AvgIpc) is 2.90. The standard InChI is InChI=1S/C16H16O.C15H14O/c1-2-17-16(15-11-7-4-8-12-15)13-14-9-5-3-6-10-14;1-16-15(14-10-6-3-7-11-14)12-13-8-4-2-5-9-13/h3-13H,2H2,1H3;2-12H,1H3. The molecule has 2 nitrogen and oxygen atoms in total. The summed E-state index contributed by atoms with van der Waals surface area (Å²) in [4.78, 5) is 0. The molecule has 4 aromatic rings. The van der Waals surface area contributed by atoms with E-state index >= 15 is 0 Å². The summed E-state index contributed by atoms with van der Waals surface area (Å²) in [5.41, 5.74) is 4.50. The Labute approximate surface area is 197 Å². The molecule has 4 rings (SSSR count). The highest BCUT2D eigenvalue weighted by Crippen LogP contribution is 2.19. The van der Waals surface area contributed by atoms with E-state index in [9.17, 15) is 0 Å². The second kappa shape index (κ2) is 13.4. The molecule has 0 radical (unpaired) electrons. The molecule has 0 bridgehead atoms. The van der Waals surface area contributed by atoms with E-state index in [1.165, 1.54) is 0 Å². The van der Waals surface area contributed by atoms with Gasteiger partial charge in [0.05, 0.1) is 13.7 Å². The highest BCUT2D eigenvalue weighted by Gasteiger charge is 2.01. The average molecular weight is 435 g/mol. The SMILES string of the molecule is CCOC(=Cc1ccccc1)c1ccccc1.COC(=Cc1ccccc1)c1ccccc1. The van der Waals surface area contributed by atoms with Crippen molar-refractivity contribution in [1.82, 2.24) is 0 Å². The van der Waals surface area contributed by atoms with Gasteiger partial charge >= 0.3 is 0 Å². The lowest BCUT2D eigenvalue weighted by Gasteiger charge is -2.08. The first kappa shape index (κ1) is 23.6. The van der Waals surface area contributed by atoms with Crippen molar-refractivity contribution in [2.75, 3.05) is 13.7 Å². The molecule has 0 fully saturated rings. The Morgan fingerprint density at radius 2 is 0.909 bits per heavy atom. The van der Waals surface area contributed by atoms with Crippen molar-refractivity contribution < 1.29 is 9.47 Å². The fourth-order valence-electron chi connectivity index (χ4n) is 3.23. The lowest BCUT2D eigenvalue weighted by atomic mass is 10.1. The highest BCUT2D eigenvalue weighted by atomic mass is 16.5. The molecule has 0 atom stereocenters. The zero-order valence-electron chi connectivity index (χ0n) is 19.2. The minimum atomic E-state index is 0.674. The van der Waals surface area contributed by atoms with Gasteiger partial charge in [-0.05, 0) is 30.2 Å². The van der Waals surface area contributed by atoms with Crippen molar-refractivity contribution >= 4 is 23.7 Å². The van der Waals surface area contributed by atoms with E-state index < -0.39 is 0 Å². The molecule has 0 saturated heterocycles. The van der Waals surface area contributed by atoms with Crippen LogP contribution >= 0.6 is 0 Å². The van der Waals surface area contributed by atoms with Gasteiger partial charge in [-0.2, -0.15) is 0 Å². The van der Waals surface area contributed by atoms with Gasteiger partial charge in [-0.15, -0.1) is 0 Å². The Morgan fingerprint density at radius 1 is 0.545 bits per heavy atom. The molecule has 0 aromatic heterocycles. The number of benzene rings is 4. The minimum absolute atomic E-state index is 0.674. The maximum atomic E-state index is 5.69. The van der Waals surface area contributed by atoms with Crippen LogP contribution in [-0.4, -0.2) is 13.7 Å². The molecule has 0 spiro atoms. The van der Waals surface area contributed by atoms with E-state index in [0.717, 1.165) is 33.8 Å². The van der Waals surface area contributed by atoms with Crippen molar-refractivity contribution in [3.63, 3.8) is 0 Å². The van der Waals surface area contributed by atoms with Gasteiger partial charge in [-0.3, -0.25) is 0 Å². The third-order valence-electron chi connectivity index (χ3n) is 4.83. The van der Waals surface area contributed by atoms with Gasteiger partial charge in [0.1, 0.15) is 11.5 Å². The predicted octanol–water partition coefficient (Wildman–Crippen LogP) is 8.05. The van der Waals surface area contributed by atoms with Crippen molar-refractivity contribution in [3.8, 4) is 0 Å². The topological polar surface area (TPSA) is 18.5 Å². The van der Waals surface area contributed by atoms with E-state index in [1.54, 1.807) is 7.11 Å². The monoisotopic (exact) mass is 434 g/mol. The van der Waals surface area contributed by atoms with Crippen molar-refractivity contribution in [2.24, 2.45) is 0 Å². The van der Waals surface area contributed by atoms with Crippen molar-refractivity contribution in [2.45, 2.75) is 6.92 Å². The number of hydrogen-bond donors (Lipinski definition) is 0. The predicted molar refractivity (Wildman–Crippen MR) is 140 cm³/mol. The highest BCUT2D eigenvalue weighted by molar-refractivity contribution is 5.78. The molecular weight excluding hydrogens is 404 g/mol. The summed E-state index contributed by atoms with van der Waals surface area (Å²) in [7, 11) is 1.70. The Hall–Kier alpha value is -4.04. The summed E-state index contributed by atoms with van der Waals surface area (Å²) in [6.07, 6.45) is 4.11. The molecule has 0 N–H and O–H groups in total. The van der Waals surface area contributed by atoms with Crippen LogP contribution in [0, 0.1) is 0 Å². The Kier molecular flexibility index (Phi) is 9.58. The third kappa shape index (κ3) is 7.86. The maximum absolute atomic E-state index is 5.69. The van der Waals surface area contributed by atoms with Gasteiger partial charge in [0.15, 0.2) is 0 Å². The van der Waals surface area contributed by atoms with E-state index in [0.29, 0.717) is 6.61 Å². The lowest BCUT2D eigenvalue weighted by Crippen LogP contribution is -1.91. The van der Waals surface area contributed by atoms with Gasteiger partial charge in [0.25, 0.3) is 0 Å². The number of rotatable bonds is 7. The van der Waals surface area contributed by atoms with E-state index in [1.807, 2.05) is 97.9 Å². The molecule has 0 aliphatic carbocycles. The molecule has 166 valence electrons. The molecule has 2 heteroatoms. The molecule has 0 unspecified atom stereocenters. The fraction of sp³-hybridized carbons (Fsp3) is 0.0968. The number of hydrogen-bond acceptors (Lipinski definition) is 2. The molecule has 0 amide bonds. The van der Waals surface area contributed by atoms with Crippen LogP contribution in [0.1, 0.15) is 29.2 Å². The van der Waals surface area contributed by atoms with Crippen LogP contribution in [0.3, 0.4) is 0 Å². The first-order valence-corrected chi connectivity index (χ1v) is 11.1. The summed E-state index contributed by atoms with van der Waals surface area (Å²) in [6.45, 7) is 2.68. The summed E-state index contributed by atoms with van der Waals surface area (Å²) < 4.78 is 11.1. The third-order valence-corrected chi connectivity index (χ3v) is 4.83. The van der Waals surface area contributed by atoms with Crippen LogP contribution in [0.5, 0.6) is 0 Å². The summed E-state index contributed by atoms with van der Waals surface area (Å²) >= 11 is 0. The Balaban J connectivity index is 0.000000186. The maximum Gasteiger partial charge on any atom is 0.127 e. The van der Waals surface area contributed by atoms with Crippen molar-refractivity contribution in [1.29, 1.82) is 0 Å². The van der Waals surface area contributed by atoms with Gasteiger partial charge < -0.3 is 9.47 Å². The number of ether oxygens (including phenoxy) is 2. The second-order valence-corrected chi connectivity index (χ2v) is 7.21. The Morgan fingerprint density at radius 3 is 1.30 bits per heavy atom. The zero-order valence-corrected chi connectivity index (χ0v) is 19.2. The van der Waals surface area contributed by atoms with Crippen LogP contribution in [0.4, 0.5) is 0 Å². The summed E-state index contributed by atoms with van der Waals surface area (Å²) in [5.74, 6) is 1.80. The quantitative estimate of drug-likeness (QED) is 0.216. The normalized spacial score (nSPS) is 11.2. The molecule has 33 heavy (non-hydrogen) atoms. The molecule has 0 saturated carbocycles. The van der Waals surface area contributed by atoms with Crippen LogP contribution in [0.15, 0.2) is 121 Å². The molecule has 0 aliphatic rings. The van der Waals surface area contributed by atoms with Gasteiger partial charge in [0, 0.05) is 11.1 Å². The largest absolute Gasteiger partial charge is 0.496 e. The van der Waals surface area contributed by atoms with Gasteiger partial charge in [-0.1, -0.05) is 121 Å². The van der Waals surface area contributed by atoms with Crippen LogP contribution in [0.25, 0.3) is 23.7 Å². The summed E-state index contributed by atoms with van der Waals surface area (Å²) in [5, 5.41) is 0.